The minimum absolute atomic E-state index is 0.0317. The molecule has 3 aromatic rings. The van der Waals surface area contributed by atoms with E-state index in [0.29, 0.717) is 6.54 Å². The molecule has 0 aliphatic carbocycles. The lowest BCUT2D eigenvalue weighted by Gasteiger charge is -2.16. The highest BCUT2D eigenvalue weighted by Crippen LogP contribution is 2.29. The molecule has 0 aliphatic rings. The molecule has 0 saturated heterocycles. The smallest absolute Gasteiger partial charge is 0.164 e. The van der Waals surface area contributed by atoms with Gasteiger partial charge in [-0.25, -0.2) is 4.68 Å². The molecule has 0 spiro atoms. The van der Waals surface area contributed by atoms with Gasteiger partial charge in [-0.2, -0.15) is 0 Å². The third-order valence-corrected chi connectivity index (χ3v) is 3.32. The molecule has 3 rings (SSSR count). The molecule has 102 valence electrons. The monoisotopic (exact) mass is 274 g/mol. The fraction of sp³-hybridized carbons (Fsp3) is 0.118. The van der Waals surface area contributed by atoms with E-state index in [1.54, 1.807) is 4.68 Å². The van der Waals surface area contributed by atoms with Crippen LogP contribution in [0.2, 0.25) is 0 Å². The predicted molar refractivity (Wildman–Crippen MR) is 80.5 cm³/mol. The lowest BCUT2D eigenvalue weighted by molar-refractivity contribution is 0.631. The zero-order chi connectivity index (χ0) is 14.5. The van der Waals surface area contributed by atoms with Crippen LogP contribution in [-0.4, -0.2) is 20.2 Å². The third kappa shape index (κ3) is 2.67. The van der Waals surface area contributed by atoms with E-state index >= 15 is 0 Å². The Morgan fingerprint density at radius 1 is 0.952 bits per heavy atom. The predicted octanol–water partition coefficient (Wildman–Crippen LogP) is 2.49. The van der Waals surface area contributed by atoms with Crippen LogP contribution in [0.3, 0.4) is 0 Å². The maximum absolute atomic E-state index is 5.40. The van der Waals surface area contributed by atoms with Gasteiger partial charge in [-0.3, -0.25) is 0 Å². The summed E-state index contributed by atoms with van der Waals surface area (Å²) in [5.74, 6) is 3.31. The molecular weight excluding hydrogens is 260 g/mol. The van der Waals surface area contributed by atoms with Gasteiger partial charge in [0, 0.05) is 0 Å². The summed E-state index contributed by atoms with van der Waals surface area (Å²) in [6.07, 6.45) is 5.40. The summed E-state index contributed by atoms with van der Waals surface area (Å²) in [6, 6.07) is 20.4. The maximum Gasteiger partial charge on any atom is 0.164 e. The molecule has 0 radical (unpaired) electrons. The number of rotatable bonds is 4. The van der Waals surface area contributed by atoms with E-state index in [2.05, 4.69) is 45.7 Å². The summed E-state index contributed by atoms with van der Waals surface area (Å²) >= 11 is 0. The van der Waals surface area contributed by atoms with Crippen molar-refractivity contribution in [1.29, 1.82) is 0 Å². The van der Waals surface area contributed by atoms with Crippen molar-refractivity contribution in [2.24, 2.45) is 0 Å². The molecule has 2 aromatic carbocycles. The van der Waals surface area contributed by atoms with Crippen molar-refractivity contribution in [2.45, 2.75) is 12.5 Å². The normalized spacial score (nSPS) is 10.5. The van der Waals surface area contributed by atoms with Crippen LogP contribution in [0.4, 0.5) is 0 Å². The van der Waals surface area contributed by atoms with Gasteiger partial charge in [-0.15, -0.1) is 11.5 Å². The first-order valence-corrected chi connectivity index (χ1v) is 6.69. The van der Waals surface area contributed by atoms with Crippen LogP contribution in [0, 0.1) is 12.3 Å². The van der Waals surface area contributed by atoms with Gasteiger partial charge >= 0.3 is 0 Å². The van der Waals surface area contributed by atoms with Gasteiger partial charge in [0.2, 0.25) is 0 Å². The van der Waals surface area contributed by atoms with Gasteiger partial charge in [0.25, 0.3) is 0 Å². The van der Waals surface area contributed by atoms with Gasteiger partial charge in [0.05, 0.1) is 5.92 Å². The largest absolute Gasteiger partial charge is 0.217 e. The fourth-order valence-corrected chi connectivity index (χ4v) is 2.40. The van der Waals surface area contributed by atoms with Crippen LogP contribution < -0.4 is 0 Å². The molecule has 0 unspecified atom stereocenters. The summed E-state index contributed by atoms with van der Waals surface area (Å²) in [5.41, 5.74) is 2.27. The zero-order valence-electron chi connectivity index (χ0n) is 11.4. The fourth-order valence-electron chi connectivity index (χ4n) is 2.40. The van der Waals surface area contributed by atoms with Gasteiger partial charge < -0.3 is 0 Å². The number of nitrogens with zero attached hydrogens (tertiary/aromatic N) is 4. The van der Waals surface area contributed by atoms with E-state index in [1.165, 1.54) is 0 Å². The molecule has 0 atom stereocenters. The minimum Gasteiger partial charge on any atom is -0.217 e. The summed E-state index contributed by atoms with van der Waals surface area (Å²) in [7, 11) is 0. The molecule has 0 amide bonds. The Kier molecular flexibility index (Phi) is 3.74. The van der Waals surface area contributed by atoms with Crippen molar-refractivity contribution in [2.75, 3.05) is 0 Å². The van der Waals surface area contributed by atoms with Gasteiger partial charge in [0.15, 0.2) is 5.82 Å². The molecule has 4 heteroatoms. The van der Waals surface area contributed by atoms with E-state index in [-0.39, 0.29) is 5.92 Å². The molecule has 1 aromatic heterocycles. The molecule has 0 aliphatic heterocycles. The average molecular weight is 274 g/mol. The Hall–Kier alpha value is -2.93. The van der Waals surface area contributed by atoms with E-state index in [4.69, 9.17) is 6.42 Å². The minimum atomic E-state index is -0.0317. The SMILES string of the molecule is C#CCn1nnnc1C(c1ccccc1)c1ccccc1. The van der Waals surface area contributed by atoms with E-state index in [9.17, 15) is 0 Å². The topological polar surface area (TPSA) is 43.6 Å². The highest BCUT2D eigenvalue weighted by molar-refractivity contribution is 5.38. The van der Waals surface area contributed by atoms with Gasteiger partial charge in [0.1, 0.15) is 6.54 Å². The Morgan fingerprint density at radius 3 is 2.05 bits per heavy atom. The average Bonchev–Trinajstić information content (AvgIpc) is 2.98. The molecule has 0 N–H and O–H groups in total. The first kappa shape index (κ1) is 13.1. The Labute approximate surface area is 123 Å². The summed E-state index contributed by atoms with van der Waals surface area (Å²) in [5, 5.41) is 12.0. The lowest BCUT2D eigenvalue weighted by atomic mass is 9.90. The van der Waals surface area contributed by atoms with Gasteiger partial charge in [-0.1, -0.05) is 66.6 Å². The summed E-state index contributed by atoms with van der Waals surface area (Å²) < 4.78 is 1.67. The number of terminal acetylenes is 1. The summed E-state index contributed by atoms with van der Waals surface area (Å²) in [4.78, 5) is 0. The van der Waals surface area contributed by atoms with Crippen molar-refractivity contribution in [3.05, 3.63) is 77.6 Å². The number of tetrazole rings is 1. The molecular formula is C17H14N4. The van der Waals surface area contributed by atoms with Gasteiger partial charge in [-0.05, 0) is 21.6 Å². The van der Waals surface area contributed by atoms with E-state index in [0.717, 1.165) is 17.0 Å². The molecule has 0 bridgehead atoms. The standard InChI is InChI=1S/C17H14N4/c1-2-13-21-17(18-19-20-21)16(14-9-5-3-6-10-14)15-11-7-4-8-12-15/h1,3-12,16H,13H2. The van der Waals surface area contributed by atoms with Crippen molar-refractivity contribution in [1.82, 2.24) is 20.2 Å². The van der Waals surface area contributed by atoms with Crippen molar-refractivity contribution in [3.63, 3.8) is 0 Å². The van der Waals surface area contributed by atoms with Crippen molar-refractivity contribution < 1.29 is 0 Å². The van der Waals surface area contributed by atoms with Crippen molar-refractivity contribution in [3.8, 4) is 12.3 Å². The quantitative estimate of drug-likeness (QED) is 0.686. The molecule has 21 heavy (non-hydrogen) atoms. The van der Waals surface area contributed by atoms with Crippen LogP contribution in [0.25, 0.3) is 0 Å². The molecule has 0 fully saturated rings. The highest BCUT2D eigenvalue weighted by Gasteiger charge is 2.22. The van der Waals surface area contributed by atoms with Crippen LogP contribution in [0.5, 0.6) is 0 Å². The first-order valence-electron chi connectivity index (χ1n) is 6.69. The van der Waals surface area contributed by atoms with Crippen LogP contribution in [-0.2, 0) is 6.54 Å². The van der Waals surface area contributed by atoms with E-state index in [1.807, 2.05) is 36.4 Å². The Morgan fingerprint density at radius 2 is 1.52 bits per heavy atom. The summed E-state index contributed by atoms with van der Waals surface area (Å²) in [6.45, 7) is 0.360. The van der Waals surface area contributed by atoms with Crippen molar-refractivity contribution >= 4 is 0 Å². The maximum atomic E-state index is 5.40. The Bertz CT molecular complexity index is 702. The Balaban J connectivity index is 2.13. The number of hydrogen-bond donors (Lipinski definition) is 0. The van der Waals surface area contributed by atoms with Crippen LogP contribution in [0.1, 0.15) is 22.9 Å². The zero-order valence-corrected chi connectivity index (χ0v) is 11.4. The second kappa shape index (κ2) is 6.02. The molecule has 4 nitrogen and oxygen atoms in total. The number of hydrogen-bond acceptors (Lipinski definition) is 3. The first-order chi connectivity index (χ1) is 10.4. The third-order valence-electron chi connectivity index (χ3n) is 3.32. The molecule has 1 heterocycles. The van der Waals surface area contributed by atoms with E-state index < -0.39 is 0 Å². The van der Waals surface area contributed by atoms with Crippen LogP contribution in [0.15, 0.2) is 60.7 Å². The lowest BCUT2D eigenvalue weighted by Crippen LogP contribution is -2.12. The molecule has 0 saturated carbocycles. The second-order valence-corrected chi connectivity index (χ2v) is 4.65. The van der Waals surface area contributed by atoms with Crippen LogP contribution >= 0.6 is 0 Å². The number of aromatic nitrogens is 4. The highest BCUT2D eigenvalue weighted by atomic mass is 15.5. The second-order valence-electron chi connectivity index (χ2n) is 4.65. The number of benzene rings is 2.